The molecule has 108 valence electrons. The lowest BCUT2D eigenvalue weighted by Gasteiger charge is -2.03. The average molecular weight is 309 g/mol. The lowest BCUT2D eigenvalue weighted by molar-refractivity contribution is 0.350. The second kappa shape index (κ2) is 7.71. The van der Waals surface area contributed by atoms with Gasteiger partial charge in [-0.1, -0.05) is 22.9 Å². The number of benzene rings is 1. The normalized spacial score (nSPS) is 12.6. The molecular weight excluding hydrogens is 290 g/mol. The Balaban J connectivity index is 1.87. The summed E-state index contributed by atoms with van der Waals surface area (Å²) in [5, 5.41) is 3.98. The quantitative estimate of drug-likeness (QED) is 0.791. The van der Waals surface area contributed by atoms with Crippen LogP contribution in [0.3, 0.4) is 0 Å². The molecule has 0 aliphatic heterocycles. The van der Waals surface area contributed by atoms with E-state index in [1.165, 1.54) is 10.5 Å². The molecule has 0 bridgehead atoms. The number of aromatic nitrogens is 2. The highest BCUT2D eigenvalue weighted by molar-refractivity contribution is 7.98. The van der Waals surface area contributed by atoms with Crippen LogP contribution in [0.1, 0.15) is 29.7 Å². The number of thioether (sulfide) groups is 2. The molecule has 0 aliphatic rings. The summed E-state index contributed by atoms with van der Waals surface area (Å²) in [6, 6.07) is 8.24. The zero-order valence-corrected chi connectivity index (χ0v) is 13.3. The van der Waals surface area contributed by atoms with Crippen LogP contribution >= 0.6 is 23.5 Å². The minimum Gasteiger partial charge on any atom is -0.338 e. The van der Waals surface area contributed by atoms with Crippen molar-refractivity contribution >= 4 is 23.5 Å². The maximum Gasteiger partial charge on any atom is 0.243 e. The Morgan fingerprint density at radius 3 is 2.75 bits per heavy atom. The molecule has 4 nitrogen and oxygen atoms in total. The van der Waals surface area contributed by atoms with Crippen LogP contribution in [-0.2, 0) is 5.75 Å². The number of nitrogens with zero attached hydrogens (tertiary/aromatic N) is 2. The summed E-state index contributed by atoms with van der Waals surface area (Å²) in [4.78, 5) is 5.57. The molecule has 0 fully saturated rings. The zero-order chi connectivity index (χ0) is 14.4. The van der Waals surface area contributed by atoms with Crippen molar-refractivity contribution < 1.29 is 4.52 Å². The van der Waals surface area contributed by atoms with E-state index in [0.717, 1.165) is 12.2 Å². The largest absolute Gasteiger partial charge is 0.338 e. The number of hydrogen-bond donors (Lipinski definition) is 1. The van der Waals surface area contributed by atoms with Gasteiger partial charge in [0, 0.05) is 4.90 Å². The lowest BCUT2D eigenvalue weighted by atomic mass is 10.2. The van der Waals surface area contributed by atoms with E-state index >= 15 is 0 Å². The molecule has 1 aromatic carbocycles. The van der Waals surface area contributed by atoms with E-state index < -0.39 is 0 Å². The number of rotatable bonds is 7. The van der Waals surface area contributed by atoms with Crippen molar-refractivity contribution in [2.24, 2.45) is 5.73 Å². The van der Waals surface area contributed by atoms with Crippen molar-refractivity contribution in [3.8, 4) is 0 Å². The van der Waals surface area contributed by atoms with Gasteiger partial charge in [0.05, 0.1) is 11.8 Å². The molecule has 0 amide bonds. The van der Waals surface area contributed by atoms with Crippen molar-refractivity contribution in [1.29, 1.82) is 0 Å². The van der Waals surface area contributed by atoms with Crippen LogP contribution in [0.15, 0.2) is 33.7 Å². The van der Waals surface area contributed by atoms with Crippen LogP contribution in [0.4, 0.5) is 0 Å². The van der Waals surface area contributed by atoms with Gasteiger partial charge in [0.25, 0.3) is 0 Å². The van der Waals surface area contributed by atoms with Crippen LogP contribution in [0.2, 0.25) is 0 Å². The molecule has 0 saturated heterocycles. The number of aryl methyl sites for hydroxylation is 1. The third kappa shape index (κ3) is 4.54. The molecule has 1 aromatic heterocycles. The fraction of sp³-hybridized carbons (Fsp3) is 0.429. The van der Waals surface area contributed by atoms with Gasteiger partial charge in [-0.25, -0.2) is 0 Å². The summed E-state index contributed by atoms with van der Waals surface area (Å²) in [5.74, 6) is 2.93. The third-order valence-electron chi connectivity index (χ3n) is 2.82. The van der Waals surface area contributed by atoms with E-state index in [9.17, 15) is 0 Å². The van der Waals surface area contributed by atoms with Gasteiger partial charge in [0.2, 0.25) is 5.89 Å². The van der Waals surface area contributed by atoms with Crippen LogP contribution in [0.5, 0.6) is 0 Å². The van der Waals surface area contributed by atoms with E-state index in [0.29, 0.717) is 17.5 Å². The summed E-state index contributed by atoms with van der Waals surface area (Å²) >= 11 is 3.46. The standard InChI is InChI=1S/C14H19N3OS2/c1-10-3-5-11(6-4-10)20-9-13-16-14(18-17-13)12(15)7-8-19-2/h3-6,12H,7-9,15H2,1-2H3. The maximum absolute atomic E-state index is 6.00. The van der Waals surface area contributed by atoms with Crippen LogP contribution in [0.25, 0.3) is 0 Å². The lowest BCUT2D eigenvalue weighted by Crippen LogP contribution is -2.11. The summed E-state index contributed by atoms with van der Waals surface area (Å²) in [6.45, 7) is 2.08. The maximum atomic E-state index is 6.00. The highest BCUT2D eigenvalue weighted by Gasteiger charge is 2.14. The first-order valence-corrected chi connectivity index (χ1v) is 8.83. The van der Waals surface area contributed by atoms with Crippen LogP contribution in [0, 0.1) is 6.92 Å². The average Bonchev–Trinajstić information content (AvgIpc) is 2.93. The first-order valence-electron chi connectivity index (χ1n) is 6.45. The Hall–Kier alpha value is -0.980. The molecule has 1 unspecified atom stereocenters. The van der Waals surface area contributed by atoms with Crippen molar-refractivity contribution in [2.45, 2.75) is 30.0 Å². The summed E-state index contributed by atoms with van der Waals surface area (Å²) < 4.78 is 5.22. The molecule has 2 aromatic rings. The van der Waals surface area contributed by atoms with Gasteiger partial charge in [0.1, 0.15) is 0 Å². The van der Waals surface area contributed by atoms with Crippen molar-refractivity contribution in [3.63, 3.8) is 0 Å². The molecule has 0 saturated carbocycles. The fourth-order valence-electron chi connectivity index (χ4n) is 1.63. The van der Waals surface area contributed by atoms with Gasteiger partial charge in [-0.2, -0.15) is 16.7 Å². The van der Waals surface area contributed by atoms with Crippen molar-refractivity contribution in [2.75, 3.05) is 12.0 Å². The Bertz CT molecular complexity index is 527. The third-order valence-corrected chi connectivity index (χ3v) is 4.47. The van der Waals surface area contributed by atoms with Gasteiger partial charge in [-0.05, 0) is 37.5 Å². The molecular formula is C14H19N3OS2. The molecule has 6 heteroatoms. The predicted molar refractivity (Wildman–Crippen MR) is 85.0 cm³/mol. The summed E-state index contributed by atoms with van der Waals surface area (Å²) in [5.41, 5.74) is 7.26. The first-order chi connectivity index (χ1) is 9.69. The Morgan fingerprint density at radius 2 is 2.05 bits per heavy atom. The molecule has 1 atom stereocenters. The SMILES string of the molecule is CSCCC(N)c1nc(CSc2ccc(C)cc2)no1. The van der Waals surface area contributed by atoms with Crippen LogP contribution in [-0.4, -0.2) is 22.1 Å². The van der Waals surface area contributed by atoms with Gasteiger partial charge < -0.3 is 10.3 Å². The number of hydrogen-bond acceptors (Lipinski definition) is 6. The Morgan fingerprint density at radius 1 is 1.30 bits per heavy atom. The zero-order valence-electron chi connectivity index (χ0n) is 11.7. The van der Waals surface area contributed by atoms with E-state index in [-0.39, 0.29) is 6.04 Å². The molecule has 0 spiro atoms. The summed E-state index contributed by atoms with van der Waals surface area (Å²) in [6.07, 6.45) is 2.91. The predicted octanol–water partition coefficient (Wildman–Crippen LogP) is 3.42. The molecule has 2 N–H and O–H groups in total. The fourth-order valence-corrected chi connectivity index (χ4v) is 2.86. The first kappa shape index (κ1) is 15.4. The van der Waals surface area contributed by atoms with Gasteiger partial charge in [-0.3, -0.25) is 0 Å². The van der Waals surface area contributed by atoms with E-state index in [2.05, 4.69) is 47.6 Å². The topological polar surface area (TPSA) is 64.9 Å². The molecule has 20 heavy (non-hydrogen) atoms. The molecule has 0 radical (unpaired) electrons. The summed E-state index contributed by atoms with van der Waals surface area (Å²) in [7, 11) is 0. The smallest absolute Gasteiger partial charge is 0.243 e. The molecule has 0 aliphatic carbocycles. The van der Waals surface area contributed by atoms with Crippen molar-refractivity contribution in [1.82, 2.24) is 10.1 Å². The van der Waals surface area contributed by atoms with E-state index in [1.807, 2.05) is 0 Å². The molecule has 2 rings (SSSR count). The second-order valence-corrected chi connectivity index (χ2v) is 6.57. The minimum absolute atomic E-state index is 0.159. The van der Waals surface area contributed by atoms with Gasteiger partial charge in [-0.15, -0.1) is 11.8 Å². The van der Waals surface area contributed by atoms with Crippen molar-refractivity contribution in [3.05, 3.63) is 41.5 Å². The van der Waals surface area contributed by atoms with E-state index in [1.54, 1.807) is 23.5 Å². The highest BCUT2D eigenvalue weighted by Crippen LogP contribution is 2.22. The van der Waals surface area contributed by atoms with Crippen LogP contribution < -0.4 is 5.73 Å². The van der Waals surface area contributed by atoms with Gasteiger partial charge in [0.15, 0.2) is 5.82 Å². The van der Waals surface area contributed by atoms with E-state index in [4.69, 9.17) is 10.3 Å². The number of nitrogens with two attached hydrogens (primary N) is 1. The van der Waals surface area contributed by atoms with Gasteiger partial charge >= 0.3 is 0 Å². The Labute approximate surface area is 127 Å². The minimum atomic E-state index is -0.159. The monoisotopic (exact) mass is 309 g/mol. The second-order valence-electron chi connectivity index (χ2n) is 4.54. The molecule has 1 heterocycles. The highest BCUT2D eigenvalue weighted by atomic mass is 32.2. The Kier molecular flexibility index (Phi) is 5.94.